The van der Waals surface area contributed by atoms with Crippen molar-refractivity contribution in [2.24, 2.45) is 51.2 Å². The van der Waals surface area contributed by atoms with Gasteiger partial charge in [0, 0.05) is 13.0 Å². The fourth-order valence-electron chi connectivity index (χ4n) is 12.2. The van der Waals surface area contributed by atoms with E-state index in [4.69, 9.17) is 4.74 Å². The summed E-state index contributed by atoms with van der Waals surface area (Å²) >= 11 is 0. The Morgan fingerprint density at radius 1 is 1.02 bits per heavy atom. The third-order valence-corrected chi connectivity index (χ3v) is 14.7. The minimum absolute atomic E-state index is 0.00505. The lowest BCUT2D eigenvalue weighted by Crippen LogP contribution is -2.63. The van der Waals surface area contributed by atoms with Gasteiger partial charge < -0.3 is 15.2 Å². The van der Waals surface area contributed by atoms with Crippen molar-refractivity contribution in [3.8, 4) is 0 Å². The number of methoxy groups -OCH3 is 1. The number of hydrogen-bond acceptors (Lipinski definition) is 4. The van der Waals surface area contributed by atoms with E-state index in [9.17, 15) is 14.7 Å². The minimum atomic E-state index is -0.870. The Morgan fingerprint density at radius 2 is 1.75 bits per heavy atom. The van der Waals surface area contributed by atoms with Crippen molar-refractivity contribution in [1.29, 1.82) is 0 Å². The van der Waals surface area contributed by atoms with Gasteiger partial charge in [-0.1, -0.05) is 77.5 Å². The monoisotopic (exact) mass is 657 g/mol. The van der Waals surface area contributed by atoms with Crippen LogP contribution in [0.3, 0.4) is 0 Å². The molecule has 0 aromatic heterocycles. The number of benzene rings is 1. The molecule has 0 radical (unpaired) electrons. The van der Waals surface area contributed by atoms with Crippen LogP contribution < -0.4 is 5.32 Å². The van der Waals surface area contributed by atoms with Gasteiger partial charge in [-0.2, -0.15) is 0 Å². The summed E-state index contributed by atoms with van der Waals surface area (Å²) < 4.78 is 4.78. The fourth-order valence-corrected chi connectivity index (χ4v) is 12.2. The number of carboxylic acids is 1. The predicted octanol–water partition coefficient (Wildman–Crippen LogP) is 10.5. The molecule has 1 aromatic rings. The molecule has 4 aliphatic rings. The van der Waals surface area contributed by atoms with Gasteiger partial charge in [0.15, 0.2) is 0 Å². The summed E-state index contributed by atoms with van der Waals surface area (Å²) in [5.41, 5.74) is 5.00. The second kappa shape index (κ2) is 14.2. The molecule has 4 aliphatic carbocycles. The quantitative estimate of drug-likeness (QED) is 0.133. The van der Waals surface area contributed by atoms with Crippen LogP contribution >= 0.6 is 0 Å². The second-order valence-electron chi connectivity index (χ2n) is 17.2. The normalized spacial score (nSPS) is 35.7. The topological polar surface area (TPSA) is 75.6 Å². The third-order valence-electron chi connectivity index (χ3n) is 14.7. The highest BCUT2D eigenvalue weighted by Crippen LogP contribution is 2.74. The van der Waals surface area contributed by atoms with Crippen LogP contribution in [0.5, 0.6) is 0 Å². The summed E-state index contributed by atoms with van der Waals surface area (Å²) in [6.07, 6.45) is 20.7. The summed E-state index contributed by atoms with van der Waals surface area (Å²) in [5.74, 6) is 2.31. The zero-order valence-corrected chi connectivity index (χ0v) is 31.0. The van der Waals surface area contributed by atoms with Crippen LogP contribution in [0.25, 0.3) is 5.57 Å². The first-order valence-corrected chi connectivity index (χ1v) is 18.9. The average Bonchev–Trinajstić information content (AvgIpc) is 3.53. The SMILES string of the molecule is C=C(C)[C@@H]1CCC[C@H]1[C@H]1CC[C@@H]2[C@@]3(C)CC=C(c4ccc(C(=O)O)cc4)C(C)(C)[C@@H]3CC[C@@]2(C)[C@]1(C)CC/C=C\NCCCC(=O)OC. The number of fused-ring (bicyclic) bond motifs is 3. The van der Waals surface area contributed by atoms with Crippen LogP contribution in [0.1, 0.15) is 135 Å². The molecule has 3 saturated carbocycles. The highest BCUT2D eigenvalue weighted by atomic mass is 16.5. The first-order chi connectivity index (χ1) is 22.7. The molecule has 5 heteroatoms. The molecule has 3 fully saturated rings. The molecule has 264 valence electrons. The number of hydrogen-bond donors (Lipinski definition) is 2. The summed E-state index contributed by atoms with van der Waals surface area (Å²) in [7, 11) is 1.45. The highest BCUT2D eigenvalue weighted by molar-refractivity contribution is 5.88. The Labute approximate surface area is 291 Å². The summed E-state index contributed by atoms with van der Waals surface area (Å²) in [5, 5.41) is 12.9. The number of carbonyl (C=O) groups is 2. The van der Waals surface area contributed by atoms with E-state index in [0.717, 1.165) is 31.7 Å². The molecule has 0 unspecified atom stereocenters. The Kier molecular flexibility index (Phi) is 10.8. The van der Waals surface area contributed by atoms with Gasteiger partial charge in [-0.3, -0.25) is 4.79 Å². The zero-order chi connectivity index (χ0) is 34.9. The molecule has 8 atom stereocenters. The van der Waals surface area contributed by atoms with Gasteiger partial charge in [0.25, 0.3) is 0 Å². The molecular weight excluding hydrogens is 594 g/mol. The number of carboxylic acid groups (broad SMARTS) is 1. The van der Waals surface area contributed by atoms with E-state index < -0.39 is 5.97 Å². The molecule has 1 aromatic carbocycles. The molecule has 2 N–H and O–H groups in total. The maximum atomic E-state index is 11.5. The van der Waals surface area contributed by atoms with E-state index in [-0.39, 0.29) is 27.6 Å². The van der Waals surface area contributed by atoms with Crippen LogP contribution in [0.4, 0.5) is 0 Å². The zero-order valence-electron chi connectivity index (χ0n) is 31.0. The lowest BCUT2D eigenvalue weighted by atomic mass is 9.34. The highest BCUT2D eigenvalue weighted by Gasteiger charge is 2.66. The molecule has 0 aliphatic heterocycles. The van der Waals surface area contributed by atoms with Crippen molar-refractivity contribution >= 4 is 17.5 Å². The molecule has 0 saturated heterocycles. The molecule has 0 bridgehead atoms. The van der Waals surface area contributed by atoms with Crippen LogP contribution in [0.15, 0.2) is 54.8 Å². The number of carbonyl (C=O) groups excluding carboxylic acids is 1. The van der Waals surface area contributed by atoms with Crippen LogP contribution in [-0.4, -0.2) is 30.7 Å². The van der Waals surface area contributed by atoms with Gasteiger partial charge in [-0.05, 0) is 152 Å². The molecule has 0 amide bonds. The largest absolute Gasteiger partial charge is 0.478 e. The van der Waals surface area contributed by atoms with Crippen molar-refractivity contribution in [2.75, 3.05) is 13.7 Å². The van der Waals surface area contributed by atoms with E-state index in [1.165, 1.54) is 75.2 Å². The number of nitrogens with one attached hydrogen (secondary N) is 1. The molecule has 0 spiro atoms. The van der Waals surface area contributed by atoms with E-state index >= 15 is 0 Å². The smallest absolute Gasteiger partial charge is 0.335 e. The van der Waals surface area contributed by atoms with Crippen LogP contribution in [0, 0.1) is 51.2 Å². The van der Waals surface area contributed by atoms with Gasteiger partial charge in [-0.15, -0.1) is 0 Å². The molecular formula is C43H63NO4. The maximum Gasteiger partial charge on any atom is 0.335 e. The van der Waals surface area contributed by atoms with Crippen molar-refractivity contribution in [3.05, 3.63) is 65.9 Å². The number of aromatic carboxylic acids is 1. The Bertz CT molecular complexity index is 1410. The molecule has 5 nitrogen and oxygen atoms in total. The van der Waals surface area contributed by atoms with Crippen molar-refractivity contribution in [3.63, 3.8) is 0 Å². The third kappa shape index (κ3) is 6.44. The fraction of sp³-hybridized carbons (Fsp3) is 0.674. The maximum absolute atomic E-state index is 11.5. The Morgan fingerprint density at radius 3 is 2.42 bits per heavy atom. The summed E-state index contributed by atoms with van der Waals surface area (Å²) in [6.45, 7) is 20.5. The van der Waals surface area contributed by atoms with Gasteiger partial charge in [-0.25, -0.2) is 4.79 Å². The molecule has 0 heterocycles. The van der Waals surface area contributed by atoms with Gasteiger partial charge in [0.05, 0.1) is 12.7 Å². The minimum Gasteiger partial charge on any atom is -0.478 e. The van der Waals surface area contributed by atoms with Gasteiger partial charge in [0.1, 0.15) is 0 Å². The average molecular weight is 658 g/mol. The van der Waals surface area contributed by atoms with E-state index in [2.05, 4.69) is 71.8 Å². The Balaban J connectivity index is 1.42. The summed E-state index contributed by atoms with van der Waals surface area (Å²) in [4.78, 5) is 23.0. The van der Waals surface area contributed by atoms with E-state index in [1.54, 1.807) is 12.1 Å². The standard InChI is InChI=1S/C43H63NO4/c1-29(2)32-13-11-14-33(32)35-20-21-37-41(5)25-22-34(30-16-18-31(19-17-30)39(46)47)40(3,4)36(41)23-26-43(37,7)42(35,6)24-9-10-27-44-28-12-15-38(45)48-8/h10,16-19,22,27,32-33,35-37,44H,1,9,11-15,20-21,23-26,28H2,2-8H3,(H,46,47)/b27-10-/t32-,33+,35+,36-,37+,41-,42+,43+/m0/s1. The van der Waals surface area contributed by atoms with E-state index in [1.807, 2.05) is 12.1 Å². The van der Waals surface area contributed by atoms with Gasteiger partial charge in [0.2, 0.25) is 0 Å². The first-order valence-electron chi connectivity index (χ1n) is 18.9. The number of allylic oxidation sites excluding steroid dienone is 4. The van der Waals surface area contributed by atoms with Crippen molar-refractivity contribution in [1.82, 2.24) is 5.32 Å². The predicted molar refractivity (Wildman–Crippen MR) is 196 cm³/mol. The number of esters is 1. The Hall–Kier alpha value is -2.82. The van der Waals surface area contributed by atoms with Crippen molar-refractivity contribution in [2.45, 2.75) is 119 Å². The van der Waals surface area contributed by atoms with Gasteiger partial charge >= 0.3 is 11.9 Å². The second-order valence-corrected chi connectivity index (χ2v) is 17.2. The summed E-state index contributed by atoms with van der Waals surface area (Å²) in [6, 6.07) is 7.58. The lowest BCUT2D eigenvalue weighted by Gasteiger charge is -2.70. The van der Waals surface area contributed by atoms with E-state index in [0.29, 0.717) is 35.7 Å². The number of rotatable bonds is 12. The number of ether oxygens (including phenoxy) is 1. The lowest BCUT2D eigenvalue weighted by molar-refractivity contribution is -0.201. The molecule has 48 heavy (non-hydrogen) atoms. The van der Waals surface area contributed by atoms with Crippen molar-refractivity contribution < 1.29 is 19.4 Å². The van der Waals surface area contributed by atoms with Crippen LogP contribution in [-0.2, 0) is 9.53 Å². The van der Waals surface area contributed by atoms with Crippen LogP contribution in [0.2, 0.25) is 0 Å². The first kappa shape index (κ1) is 36.5. The molecule has 5 rings (SSSR count).